The Kier molecular flexibility index (Phi) is 10.9. The van der Waals surface area contributed by atoms with Gasteiger partial charge in [0.15, 0.2) is 6.29 Å². The third kappa shape index (κ3) is 8.41. The van der Waals surface area contributed by atoms with Crippen molar-refractivity contribution in [3.63, 3.8) is 0 Å². The largest absolute Gasteiger partial charge is 0.459 e. The first kappa shape index (κ1) is 27.8. The van der Waals surface area contributed by atoms with Gasteiger partial charge in [-0.05, 0) is 47.5 Å². The summed E-state index contributed by atoms with van der Waals surface area (Å²) in [4.78, 5) is 26.9. The van der Waals surface area contributed by atoms with Crippen molar-refractivity contribution in [2.45, 2.75) is 6.10 Å². The molecule has 1 aliphatic rings. The third-order valence-electron chi connectivity index (χ3n) is 5.12. The average molecular weight is 489 g/mol. The van der Waals surface area contributed by atoms with Gasteiger partial charge in [-0.2, -0.15) is 10.5 Å². The van der Waals surface area contributed by atoms with Crippen LogP contribution in [0, 0.1) is 22.7 Å². The van der Waals surface area contributed by atoms with Crippen LogP contribution in [-0.2, 0) is 19.1 Å². The Balaban J connectivity index is 0.00000222. The van der Waals surface area contributed by atoms with Gasteiger partial charge in [-0.1, -0.05) is 24.3 Å². The lowest BCUT2D eigenvalue weighted by Gasteiger charge is -2.28. The lowest BCUT2D eigenvalue weighted by atomic mass is 10.1. The zero-order valence-electron chi connectivity index (χ0n) is 20.4. The maximum Gasteiger partial charge on any atom is 0.348 e. The standard InChI is InChI=1S/C26H24N4O4.CH4O/c1-29(23-7-3-19(4-8-23)11-21(13-27)15-31)18-30(2)24-9-5-20(6-10-24)12-22(14-28)26(32)34-17-25-16-33-25;1-2/h3-12,15,25H,16-18H2,1-2H3;2H,1H3/b21-11+,22-12+;. The Morgan fingerprint density at radius 2 is 1.50 bits per heavy atom. The lowest BCUT2D eigenvalue weighted by molar-refractivity contribution is -0.138. The summed E-state index contributed by atoms with van der Waals surface area (Å²) in [5.41, 5.74) is 3.44. The lowest BCUT2D eigenvalue weighted by Crippen LogP contribution is -2.32. The van der Waals surface area contributed by atoms with Crippen LogP contribution in [0.4, 0.5) is 11.4 Å². The van der Waals surface area contributed by atoms with Crippen molar-refractivity contribution in [3.05, 3.63) is 70.8 Å². The van der Waals surface area contributed by atoms with E-state index in [9.17, 15) is 14.9 Å². The van der Waals surface area contributed by atoms with Gasteiger partial charge in [0, 0.05) is 32.6 Å². The zero-order chi connectivity index (χ0) is 26.5. The van der Waals surface area contributed by atoms with Crippen LogP contribution in [0.25, 0.3) is 12.2 Å². The molecular weight excluding hydrogens is 460 g/mol. The highest BCUT2D eigenvalue weighted by molar-refractivity contribution is 5.98. The molecule has 0 spiro atoms. The van der Waals surface area contributed by atoms with E-state index in [1.165, 1.54) is 12.2 Å². The molecule has 0 aromatic heterocycles. The maximum atomic E-state index is 12.0. The zero-order valence-corrected chi connectivity index (χ0v) is 20.4. The minimum Gasteiger partial charge on any atom is -0.459 e. The number of nitrogens with zero attached hydrogens (tertiary/aromatic N) is 4. The van der Waals surface area contributed by atoms with E-state index in [-0.39, 0.29) is 23.9 Å². The summed E-state index contributed by atoms with van der Waals surface area (Å²) in [6.45, 7) is 1.34. The summed E-state index contributed by atoms with van der Waals surface area (Å²) in [6, 6.07) is 18.8. The molecule has 0 saturated carbocycles. The molecule has 1 atom stereocenters. The predicted octanol–water partition coefficient (Wildman–Crippen LogP) is 2.78. The summed E-state index contributed by atoms with van der Waals surface area (Å²) in [6.07, 6.45) is 3.53. The van der Waals surface area contributed by atoms with Crippen molar-refractivity contribution in [3.8, 4) is 12.1 Å². The molecular formula is C27H28N4O5. The molecule has 9 nitrogen and oxygen atoms in total. The quantitative estimate of drug-likeness (QED) is 0.134. The van der Waals surface area contributed by atoms with Gasteiger partial charge in [0.05, 0.1) is 18.8 Å². The number of ether oxygens (including phenoxy) is 2. The fourth-order valence-corrected chi connectivity index (χ4v) is 3.12. The molecule has 1 aliphatic heterocycles. The van der Waals surface area contributed by atoms with Gasteiger partial charge in [-0.25, -0.2) is 4.79 Å². The molecule has 0 radical (unpaired) electrons. The van der Waals surface area contributed by atoms with Gasteiger partial charge in [0.25, 0.3) is 0 Å². The molecule has 1 saturated heterocycles. The number of epoxide rings is 1. The highest BCUT2D eigenvalue weighted by atomic mass is 16.6. The molecule has 1 fully saturated rings. The van der Waals surface area contributed by atoms with E-state index in [1.54, 1.807) is 0 Å². The van der Waals surface area contributed by atoms with Crippen LogP contribution >= 0.6 is 0 Å². The Bertz CT molecular complexity index is 1170. The van der Waals surface area contributed by atoms with Gasteiger partial charge in [0.2, 0.25) is 0 Å². The molecule has 1 N–H and O–H groups in total. The summed E-state index contributed by atoms with van der Waals surface area (Å²) in [5, 5.41) is 25.1. The van der Waals surface area contributed by atoms with Crippen LogP contribution in [0.5, 0.6) is 0 Å². The fraction of sp³-hybridized carbons (Fsp3) is 0.259. The average Bonchev–Trinajstić information content (AvgIpc) is 3.75. The molecule has 0 amide bonds. The van der Waals surface area contributed by atoms with Crippen LogP contribution in [0.3, 0.4) is 0 Å². The van der Waals surface area contributed by atoms with Crippen molar-refractivity contribution in [2.75, 3.05) is 50.9 Å². The first-order valence-corrected chi connectivity index (χ1v) is 11.0. The second-order valence-corrected chi connectivity index (χ2v) is 7.77. The summed E-state index contributed by atoms with van der Waals surface area (Å²) in [5.74, 6) is -0.655. The van der Waals surface area contributed by atoms with Crippen LogP contribution in [0.1, 0.15) is 11.1 Å². The Labute approximate surface area is 210 Å². The van der Waals surface area contributed by atoms with Gasteiger partial charge in [-0.3, -0.25) is 4.79 Å². The molecule has 1 heterocycles. The smallest absolute Gasteiger partial charge is 0.348 e. The molecule has 0 bridgehead atoms. The van der Waals surface area contributed by atoms with E-state index in [2.05, 4.69) is 9.80 Å². The van der Waals surface area contributed by atoms with Crippen molar-refractivity contribution in [1.82, 2.24) is 0 Å². The van der Waals surface area contributed by atoms with Gasteiger partial charge < -0.3 is 24.4 Å². The fourth-order valence-electron chi connectivity index (χ4n) is 3.12. The summed E-state index contributed by atoms with van der Waals surface area (Å²) < 4.78 is 10.1. The van der Waals surface area contributed by atoms with E-state index in [1.807, 2.05) is 74.8 Å². The van der Waals surface area contributed by atoms with E-state index < -0.39 is 5.97 Å². The molecule has 3 rings (SSSR count). The number of carbonyl (C=O) groups is 2. The van der Waals surface area contributed by atoms with Crippen LogP contribution < -0.4 is 9.80 Å². The number of nitriles is 2. The Morgan fingerprint density at radius 1 is 1.00 bits per heavy atom. The molecule has 2 aromatic rings. The minimum absolute atomic E-state index is 0.0505. The van der Waals surface area contributed by atoms with Gasteiger partial charge in [-0.15, -0.1) is 0 Å². The highest BCUT2D eigenvalue weighted by Crippen LogP contribution is 2.20. The van der Waals surface area contributed by atoms with Crippen molar-refractivity contribution in [2.24, 2.45) is 0 Å². The number of aliphatic hydroxyl groups excluding tert-OH is 1. The normalized spacial score (nSPS) is 14.3. The second-order valence-electron chi connectivity index (χ2n) is 7.77. The van der Waals surface area contributed by atoms with Gasteiger partial charge in [0.1, 0.15) is 30.4 Å². The number of allylic oxidation sites excluding steroid dienone is 1. The number of aldehydes is 1. The maximum absolute atomic E-state index is 12.0. The number of hydrogen-bond acceptors (Lipinski definition) is 9. The number of benzene rings is 2. The number of aliphatic hydroxyl groups is 1. The van der Waals surface area contributed by atoms with E-state index >= 15 is 0 Å². The first-order chi connectivity index (χ1) is 17.4. The predicted molar refractivity (Wildman–Crippen MR) is 137 cm³/mol. The minimum atomic E-state index is -0.655. The molecule has 9 heteroatoms. The van der Waals surface area contributed by atoms with Crippen molar-refractivity contribution < 1.29 is 24.2 Å². The number of anilines is 2. The van der Waals surface area contributed by atoms with Crippen molar-refractivity contribution >= 4 is 35.8 Å². The topological polar surface area (TPSA) is 130 Å². The summed E-state index contributed by atoms with van der Waals surface area (Å²) >= 11 is 0. The van der Waals surface area contributed by atoms with Crippen LogP contribution in [0.15, 0.2) is 59.7 Å². The first-order valence-electron chi connectivity index (χ1n) is 11.0. The Morgan fingerprint density at radius 3 is 1.92 bits per heavy atom. The number of esters is 1. The van der Waals surface area contributed by atoms with E-state index in [4.69, 9.17) is 19.8 Å². The number of carbonyl (C=O) groups excluding carboxylic acids is 2. The van der Waals surface area contributed by atoms with Gasteiger partial charge >= 0.3 is 5.97 Å². The SMILES string of the molecule is CN(CN(C)c1ccc(/C=C(\C#N)C(=O)OCC2CO2)cc1)c1ccc(/C=C(\C#N)C=O)cc1.CO. The molecule has 2 aromatic carbocycles. The van der Waals surface area contributed by atoms with Crippen LogP contribution in [-0.4, -0.2) is 64.6 Å². The molecule has 1 unspecified atom stereocenters. The molecule has 0 aliphatic carbocycles. The monoisotopic (exact) mass is 488 g/mol. The van der Waals surface area contributed by atoms with Crippen LogP contribution in [0.2, 0.25) is 0 Å². The molecule has 36 heavy (non-hydrogen) atoms. The second kappa shape index (κ2) is 14.1. The summed E-state index contributed by atoms with van der Waals surface area (Å²) in [7, 11) is 4.92. The highest BCUT2D eigenvalue weighted by Gasteiger charge is 2.25. The Hall–Kier alpha value is -4.44. The number of rotatable bonds is 10. The van der Waals surface area contributed by atoms with E-state index in [0.717, 1.165) is 29.6 Å². The van der Waals surface area contributed by atoms with Crippen molar-refractivity contribution in [1.29, 1.82) is 10.5 Å². The third-order valence-corrected chi connectivity index (χ3v) is 5.12. The number of hydrogen-bond donors (Lipinski definition) is 1. The van der Waals surface area contributed by atoms with E-state index in [0.29, 0.717) is 19.6 Å². The molecule has 186 valence electrons.